The van der Waals surface area contributed by atoms with Crippen LogP contribution in [-0.4, -0.2) is 52.0 Å². The summed E-state index contributed by atoms with van der Waals surface area (Å²) in [6.07, 6.45) is -3.52. The first-order valence-corrected chi connectivity index (χ1v) is 11.3. The molecular weight excluding hydrogens is 465 g/mol. The van der Waals surface area contributed by atoms with E-state index in [1.54, 1.807) is 24.3 Å². The highest BCUT2D eigenvalue weighted by molar-refractivity contribution is 6.21. The van der Waals surface area contributed by atoms with E-state index in [0.29, 0.717) is 24.0 Å². The summed E-state index contributed by atoms with van der Waals surface area (Å²) in [6.45, 7) is -0.491. The van der Waals surface area contributed by atoms with Gasteiger partial charge >= 0.3 is 6.18 Å². The summed E-state index contributed by atoms with van der Waals surface area (Å²) >= 11 is 0. The maximum atomic E-state index is 13.7. The molecule has 184 valence electrons. The molecule has 0 bridgehead atoms. The lowest BCUT2D eigenvalue weighted by molar-refractivity contribution is -0.148. The minimum atomic E-state index is -4.52. The van der Waals surface area contributed by atoms with Crippen molar-refractivity contribution in [2.45, 2.75) is 44.4 Å². The van der Waals surface area contributed by atoms with Gasteiger partial charge in [0, 0.05) is 18.2 Å². The number of aliphatic hydroxyl groups is 1. The van der Waals surface area contributed by atoms with Crippen LogP contribution in [0.15, 0.2) is 42.5 Å². The monoisotopic (exact) mass is 488 g/mol. The lowest BCUT2D eigenvalue weighted by Gasteiger charge is -2.37. The summed E-state index contributed by atoms with van der Waals surface area (Å²) in [7, 11) is 0. The van der Waals surface area contributed by atoms with Crippen LogP contribution >= 0.6 is 0 Å². The van der Waals surface area contributed by atoms with E-state index in [0.717, 1.165) is 12.1 Å². The number of nitrogens with zero attached hydrogens (tertiary/aromatic N) is 2. The van der Waals surface area contributed by atoms with Crippen molar-refractivity contribution in [1.82, 2.24) is 9.80 Å². The minimum Gasteiger partial charge on any atom is -0.473 e. The van der Waals surface area contributed by atoms with Crippen molar-refractivity contribution in [2.75, 3.05) is 13.3 Å². The number of halogens is 3. The van der Waals surface area contributed by atoms with Gasteiger partial charge in [-0.1, -0.05) is 12.1 Å². The minimum absolute atomic E-state index is 0.0665. The van der Waals surface area contributed by atoms with Crippen molar-refractivity contribution in [3.8, 4) is 5.75 Å². The summed E-state index contributed by atoms with van der Waals surface area (Å²) in [5.41, 5.74) is -0.994. The zero-order valence-corrected chi connectivity index (χ0v) is 18.7. The van der Waals surface area contributed by atoms with Gasteiger partial charge in [0.05, 0.1) is 28.7 Å². The van der Waals surface area contributed by atoms with Crippen LogP contribution in [0.4, 0.5) is 13.2 Å². The molecule has 1 N–H and O–H groups in total. The number of ether oxygens (including phenoxy) is 1. The Labute approximate surface area is 199 Å². The number of hydrogen-bond acceptors (Lipinski definition) is 5. The molecule has 0 aromatic heterocycles. The quantitative estimate of drug-likeness (QED) is 0.665. The molecule has 2 atom stereocenters. The van der Waals surface area contributed by atoms with Gasteiger partial charge in [0.15, 0.2) is 6.73 Å². The first-order valence-electron chi connectivity index (χ1n) is 11.3. The number of carbonyl (C=O) groups is 3. The summed E-state index contributed by atoms with van der Waals surface area (Å²) in [4.78, 5) is 42.1. The number of fused-ring (bicyclic) bond motifs is 2. The largest absolute Gasteiger partial charge is 0.473 e. The molecule has 2 aliphatic heterocycles. The molecule has 5 rings (SSSR count). The van der Waals surface area contributed by atoms with Gasteiger partial charge in [-0.05, 0) is 56.0 Å². The third-order valence-corrected chi connectivity index (χ3v) is 7.23. The Bertz CT molecular complexity index is 1180. The van der Waals surface area contributed by atoms with Crippen LogP contribution in [0.25, 0.3) is 0 Å². The average Bonchev–Trinajstić information content (AvgIpc) is 3.37. The standard InChI is InChI=1S/C25H23F3N2O5/c26-25(27,28)16-5-6-20-15(11-16)13-29(14-35-20)23(34)24(9-10-31)8-7-17(12-24)30-21(32)18-3-1-2-4-19(18)22(30)33/h1-6,11,17,31H,7-10,12-14H2/t17?,24-/m1/s1. The molecule has 0 saturated heterocycles. The summed E-state index contributed by atoms with van der Waals surface area (Å²) < 4.78 is 45.1. The molecule has 1 fully saturated rings. The molecule has 3 aliphatic rings. The fraction of sp³-hybridized carbons (Fsp3) is 0.400. The lowest BCUT2D eigenvalue weighted by Crippen LogP contribution is -2.47. The number of amides is 3. The van der Waals surface area contributed by atoms with E-state index in [1.807, 2.05) is 0 Å². The molecule has 1 aliphatic carbocycles. The Balaban J connectivity index is 1.37. The molecule has 7 nitrogen and oxygen atoms in total. The molecule has 3 amide bonds. The Hall–Kier alpha value is -3.40. The molecule has 0 spiro atoms. The molecule has 1 saturated carbocycles. The van der Waals surface area contributed by atoms with E-state index in [1.165, 1.54) is 15.9 Å². The third-order valence-electron chi connectivity index (χ3n) is 7.23. The molecule has 2 aromatic carbocycles. The summed E-state index contributed by atoms with van der Waals surface area (Å²) in [5, 5.41) is 9.75. The molecule has 1 unspecified atom stereocenters. The number of hydrogen-bond donors (Lipinski definition) is 1. The Morgan fingerprint density at radius 2 is 1.80 bits per heavy atom. The van der Waals surface area contributed by atoms with E-state index in [2.05, 4.69) is 0 Å². The van der Waals surface area contributed by atoms with Gasteiger partial charge in [0.25, 0.3) is 11.8 Å². The number of imide groups is 1. The highest BCUT2D eigenvalue weighted by Crippen LogP contribution is 2.47. The Morgan fingerprint density at radius 3 is 2.43 bits per heavy atom. The topological polar surface area (TPSA) is 87.2 Å². The van der Waals surface area contributed by atoms with Crippen molar-refractivity contribution in [3.05, 3.63) is 64.7 Å². The first kappa shape index (κ1) is 23.3. The van der Waals surface area contributed by atoms with Crippen LogP contribution < -0.4 is 4.74 Å². The zero-order valence-electron chi connectivity index (χ0n) is 18.7. The molecule has 2 aromatic rings. The van der Waals surface area contributed by atoms with E-state index >= 15 is 0 Å². The van der Waals surface area contributed by atoms with Crippen LogP contribution in [0.1, 0.15) is 57.5 Å². The average molecular weight is 488 g/mol. The number of rotatable bonds is 4. The van der Waals surface area contributed by atoms with Gasteiger partial charge in [-0.3, -0.25) is 19.3 Å². The van der Waals surface area contributed by atoms with Gasteiger partial charge in [-0.2, -0.15) is 13.2 Å². The fourth-order valence-corrected chi connectivity index (χ4v) is 5.48. The van der Waals surface area contributed by atoms with Gasteiger partial charge in [0.2, 0.25) is 5.91 Å². The highest BCUT2D eigenvalue weighted by atomic mass is 19.4. The van der Waals surface area contributed by atoms with E-state index in [9.17, 15) is 32.7 Å². The molecule has 35 heavy (non-hydrogen) atoms. The third kappa shape index (κ3) is 3.85. The SMILES string of the molecule is O=C1c2ccccc2C(=O)N1C1CC[C@](CCO)(C(=O)N2COc3ccc(C(F)(F)F)cc3C2)C1. The summed E-state index contributed by atoms with van der Waals surface area (Å²) in [6, 6.07) is 9.19. The van der Waals surface area contributed by atoms with Crippen molar-refractivity contribution in [1.29, 1.82) is 0 Å². The Kier molecular flexibility index (Phi) is 5.58. The summed E-state index contributed by atoms with van der Waals surface area (Å²) in [5.74, 6) is -0.891. The number of carbonyl (C=O) groups excluding carboxylic acids is 3. The predicted molar refractivity (Wildman–Crippen MR) is 116 cm³/mol. The maximum Gasteiger partial charge on any atom is 0.416 e. The van der Waals surface area contributed by atoms with Crippen molar-refractivity contribution < 1.29 is 37.4 Å². The fourth-order valence-electron chi connectivity index (χ4n) is 5.48. The number of aliphatic hydroxyl groups excluding tert-OH is 1. The molecule has 2 heterocycles. The number of benzene rings is 2. The van der Waals surface area contributed by atoms with E-state index < -0.39 is 35.0 Å². The molecule has 10 heteroatoms. The van der Waals surface area contributed by atoms with Crippen molar-refractivity contribution >= 4 is 17.7 Å². The molecule has 0 radical (unpaired) electrons. The van der Waals surface area contributed by atoms with Gasteiger partial charge in [0.1, 0.15) is 5.75 Å². The van der Waals surface area contributed by atoms with Gasteiger partial charge in [-0.25, -0.2) is 0 Å². The second-order valence-corrected chi connectivity index (χ2v) is 9.27. The van der Waals surface area contributed by atoms with Crippen LogP contribution in [0.3, 0.4) is 0 Å². The molecular formula is C25H23F3N2O5. The van der Waals surface area contributed by atoms with Crippen LogP contribution in [0.2, 0.25) is 0 Å². The van der Waals surface area contributed by atoms with E-state index in [-0.39, 0.29) is 49.9 Å². The smallest absolute Gasteiger partial charge is 0.416 e. The van der Waals surface area contributed by atoms with Gasteiger partial charge in [-0.15, -0.1) is 0 Å². The van der Waals surface area contributed by atoms with Crippen LogP contribution in [0, 0.1) is 5.41 Å². The second-order valence-electron chi connectivity index (χ2n) is 9.27. The second kappa shape index (κ2) is 8.37. The highest BCUT2D eigenvalue weighted by Gasteiger charge is 2.52. The van der Waals surface area contributed by atoms with Crippen LogP contribution in [-0.2, 0) is 17.5 Å². The van der Waals surface area contributed by atoms with Crippen LogP contribution in [0.5, 0.6) is 5.75 Å². The van der Waals surface area contributed by atoms with Crippen molar-refractivity contribution in [3.63, 3.8) is 0 Å². The Morgan fingerprint density at radius 1 is 1.11 bits per heavy atom. The normalized spacial score (nSPS) is 23.8. The maximum absolute atomic E-state index is 13.7. The predicted octanol–water partition coefficient (Wildman–Crippen LogP) is 3.60. The number of alkyl halides is 3. The zero-order chi connectivity index (χ0) is 25.0. The lowest BCUT2D eigenvalue weighted by atomic mass is 9.81. The first-order chi connectivity index (χ1) is 16.6. The van der Waals surface area contributed by atoms with Gasteiger partial charge < -0.3 is 14.7 Å². The van der Waals surface area contributed by atoms with Crippen molar-refractivity contribution in [2.24, 2.45) is 5.41 Å². The van der Waals surface area contributed by atoms with E-state index in [4.69, 9.17) is 4.74 Å².